The molecule has 0 aliphatic heterocycles. The van der Waals surface area contributed by atoms with Gasteiger partial charge in [-0.3, -0.25) is 4.79 Å². The summed E-state index contributed by atoms with van der Waals surface area (Å²) in [7, 11) is 0. The summed E-state index contributed by atoms with van der Waals surface area (Å²) >= 11 is 0. The van der Waals surface area contributed by atoms with Crippen molar-refractivity contribution in [3.8, 4) is 17.4 Å². The van der Waals surface area contributed by atoms with Gasteiger partial charge in [-0.15, -0.1) is 0 Å². The first kappa shape index (κ1) is 18.4. The summed E-state index contributed by atoms with van der Waals surface area (Å²) < 4.78 is 21.4. The van der Waals surface area contributed by atoms with Crippen LogP contribution in [0, 0.1) is 12.7 Å². The number of hydrogen-bond donors (Lipinski definition) is 1. The maximum Gasteiger partial charge on any atom is 0.258 e. The molecule has 29 heavy (non-hydrogen) atoms. The fraction of sp³-hybridized carbons (Fsp3) is 0.0455. The number of halogens is 1. The number of aryl methyl sites for hydroxylation is 1. The van der Waals surface area contributed by atoms with Crippen molar-refractivity contribution in [1.82, 2.24) is 14.5 Å². The molecule has 2 aromatic carbocycles. The summed E-state index contributed by atoms with van der Waals surface area (Å²) in [5, 5.41) is 2.66. The molecule has 0 spiro atoms. The van der Waals surface area contributed by atoms with Gasteiger partial charge in [0, 0.05) is 24.1 Å². The van der Waals surface area contributed by atoms with Crippen molar-refractivity contribution in [2.45, 2.75) is 6.92 Å². The number of anilines is 1. The van der Waals surface area contributed by atoms with Crippen molar-refractivity contribution >= 4 is 11.6 Å². The van der Waals surface area contributed by atoms with Crippen molar-refractivity contribution in [1.29, 1.82) is 0 Å². The van der Waals surface area contributed by atoms with Crippen LogP contribution in [0.5, 0.6) is 11.6 Å². The van der Waals surface area contributed by atoms with Gasteiger partial charge in [0.1, 0.15) is 23.2 Å². The second-order valence-corrected chi connectivity index (χ2v) is 6.26. The molecule has 1 amide bonds. The molecule has 2 aromatic heterocycles. The number of nitrogens with one attached hydrogen (secondary N) is 1. The van der Waals surface area contributed by atoms with E-state index in [4.69, 9.17) is 4.74 Å². The average molecular weight is 388 g/mol. The molecule has 6 nitrogen and oxygen atoms in total. The lowest BCUT2D eigenvalue weighted by molar-refractivity contribution is 0.102. The molecule has 0 unspecified atom stereocenters. The highest BCUT2D eigenvalue weighted by Crippen LogP contribution is 2.23. The van der Waals surface area contributed by atoms with Gasteiger partial charge in [-0.1, -0.05) is 12.1 Å². The third kappa shape index (κ3) is 4.30. The Balaban J connectivity index is 1.48. The third-order valence-electron chi connectivity index (χ3n) is 4.12. The van der Waals surface area contributed by atoms with Gasteiger partial charge in [-0.2, -0.15) is 4.98 Å². The van der Waals surface area contributed by atoms with Crippen molar-refractivity contribution in [2.75, 3.05) is 5.32 Å². The van der Waals surface area contributed by atoms with Crippen LogP contribution in [0.4, 0.5) is 10.1 Å². The zero-order chi connectivity index (χ0) is 20.2. The van der Waals surface area contributed by atoms with Crippen LogP contribution in [-0.2, 0) is 0 Å². The quantitative estimate of drug-likeness (QED) is 0.535. The Labute approximate surface area is 166 Å². The molecule has 2 heterocycles. The molecule has 0 fully saturated rings. The second kappa shape index (κ2) is 7.93. The first-order valence-corrected chi connectivity index (χ1v) is 8.91. The van der Waals surface area contributed by atoms with Crippen LogP contribution in [0.3, 0.4) is 0 Å². The number of carbonyl (C=O) groups is 1. The van der Waals surface area contributed by atoms with E-state index < -0.39 is 11.7 Å². The molecule has 0 aliphatic carbocycles. The summed E-state index contributed by atoms with van der Waals surface area (Å²) in [5.41, 5.74) is 0.513. The fourth-order valence-corrected chi connectivity index (χ4v) is 2.77. The van der Waals surface area contributed by atoms with Crippen molar-refractivity contribution < 1.29 is 13.9 Å². The van der Waals surface area contributed by atoms with Gasteiger partial charge >= 0.3 is 0 Å². The molecule has 0 aliphatic rings. The SMILES string of the molecule is Cc1nc(Oc2ccc(NC(=O)c3ccccc3F)cc2)cc(-n2cccc2)n1. The van der Waals surface area contributed by atoms with Crippen molar-refractivity contribution in [2.24, 2.45) is 0 Å². The van der Waals surface area contributed by atoms with Gasteiger partial charge < -0.3 is 14.6 Å². The van der Waals surface area contributed by atoms with Crippen LogP contribution in [0.1, 0.15) is 16.2 Å². The van der Waals surface area contributed by atoms with Gasteiger partial charge in [0.25, 0.3) is 5.91 Å². The van der Waals surface area contributed by atoms with Crippen LogP contribution in [0.2, 0.25) is 0 Å². The van der Waals surface area contributed by atoms with Gasteiger partial charge in [-0.05, 0) is 55.5 Å². The van der Waals surface area contributed by atoms with E-state index in [-0.39, 0.29) is 5.56 Å². The Hall–Kier alpha value is -4.00. The van der Waals surface area contributed by atoms with E-state index >= 15 is 0 Å². The topological polar surface area (TPSA) is 69.0 Å². The van der Waals surface area contributed by atoms with E-state index in [1.807, 2.05) is 29.1 Å². The van der Waals surface area contributed by atoms with Crippen LogP contribution < -0.4 is 10.1 Å². The molecule has 7 heteroatoms. The maximum atomic E-state index is 13.7. The Morgan fingerprint density at radius 3 is 2.45 bits per heavy atom. The summed E-state index contributed by atoms with van der Waals surface area (Å²) in [6.07, 6.45) is 3.77. The highest BCUT2D eigenvalue weighted by atomic mass is 19.1. The molecular formula is C22H17FN4O2. The standard InChI is InChI=1S/C22H17FN4O2/c1-15-24-20(27-12-4-5-13-27)14-21(25-15)29-17-10-8-16(9-11-17)26-22(28)18-6-2-3-7-19(18)23/h2-14H,1H3,(H,26,28). The van der Waals surface area contributed by atoms with Crippen LogP contribution in [-0.4, -0.2) is 20.4 Å². The lowest BCUT2D eigenvalue weighted by Crippen LogP contribution is -2.13. The number of nitrogens with zero attached hydrogens (tertiary/aromatic N) is 3. The predicted octanol–water partition coefficient (Wildman–Crippen LogP) is 4.76. The zero-order valence-corrected chi connectivity index (χ0v) is 15.5. The van der Waals surface area contributed by atoms with Gasteiger partial charge in [-0.25, -0.2) is 9.37 Å². The first-order chi connectivity index (χ1) is 14.1. The van der Waals surface area contributed by atoms with E-state index in [0.717, 1.165) is 0 Å². The second-order valence-electron chi connectivity index (χ2n) is 6.26. The molecule has 0 atom stereocenters. The number of rotatable bonds is 5. The largest absolute Gasteiger partial charge is 0.439 e. The number of hydrogen-bond acceptors (Lipinski definition) is 4. The number of carbonyl (C=O) groups excluding carboxylic acids is 1. The van der Waals surface area contributed by atoms with E-state index in [1.54, 1.807) is 43.3 Å². The monoisotopic (exact) mass is 388 g/mol. The van der Waals surface area contributed by atoms with E-state index in [9.17, 15) is 9.18 Å². The molecule has 0 radical (unpaired) electrons. The minimum Gasteiger partial charge on any atom is -0.439 e. The van der Waals surface area contributed by atoms with Gasteiger partial charge in [0.05, 0.1) is 5.56 Å². The Morgan fingerprint density at radius 2 is 1.72 bits per heavy atom. The predicted molar refractivity (Wildman–Crippen MR) is 107 cm³/mol. The molecule has 0 saturated heterocycles. The lowest BCUT2D eigenvalue weighted by atomic mass is 10.2. The van der Waals surface area contributed by atoms with Crippen molar-refractivity contribution in [3.05, 3.63) is 96.3 Å². The number of aromatic nitrogens is 3. The van der Waals surface area contributed by atoms with E-state index in [1.165, 1.54) is 18.2 Å². The summed E-state index contributed by atoms with van der Waals surface area (Å²) in [4.78, 5) is 20.9. The molecule has 144 valence electrons. The van der Waals surface area contributed by atoms with Crippen molar-refractivity contribution in [3.63, 3.8) is 0 Å². The molecule has 1 N–H and O–H groups in total. The summed E-state index contributed by atoms with van der Waals surface area (Å²) in [5.74, 6) is 1.16. The average Bonchev–Trinajstić information content (AvgIpc) is 3.24. The van der Waals surface area contributed by atoms with E-state index in [2.05, 4.69) is 15.3 Å². The van der Waals surface area contributed by atoms with Gasteiger partial charge in [0.15, 0.2) is 0 Å². The minimum atomic E-state index is -0.567. The first-order valence-electron chi connectivity index (χ1n) is 8.91. The number of amides is 1. The van der Waals surface area contributed by atoms with Gasteiger partial charge in [0.2, 0.25) is 5.88 Å². The molecule has 4 rings (SSSR count). The van der Waals surface area contributed by atoms with Crippen LogP contribution >= 0.6 is 0 Å². The molecule has 4 aromatic rings. The highest BCUT2D eigenvalue weighted by Gasteiger charge is 2.11. The van der Waals surface area contributed by atoms with E-state index in [0.29, 0.717) is 29.0 Å². The highest BCUT2D eigenvalue weighted by molar-refractivity contribution is 6.04. The Morgan fingerprint density at radius 1 is 1.00 bits per heavy atom. The maximum absolute atomic E-state index is 13.7. The van der Waals surface area contributed by atoms with Crippen LogP contribution in [0.15, 0.2) is 79.1 Å². The molecule has 0 saturated carbocycles. The Kier molecular flexibility index (Phi) is 5.03. The smallest absolute Gasteiger partial charge is 0.258 e. The Bertz CT molecular complexity index is 1140. The molecular weight excluding hydrogens is 371 g/mol. The van der Waals surface area contributed by atoms with Crippen LogP contribution in [0.25, 0.3) is 5.82 Å². The third-order valence-corrected chi connectivity index (χ3v) is 4.12. The normalized spacial score (nSPS) is 10.6. The summed E-state index contributed by atoms with van der Waals surface area (Å²) in [6.45, 7) is 1.79. The minimum absolute atomic E-state index is 0.0122. The summed E-state index contributed by atoms with van der Waals surface area (Å²) in [6, 6.07) is 18.1. The fourth-order valence-electron chi connectivity index (χ4n) is 2.77. The zero-order valence-electron chi connectivity index (χ0n) is 15.5. The number of benzene rings is 2. The molecule has 0 bridgehead atoms. The number of ether oxygens (including phenoxy) is 1. The lowest BCUT2D eigenvalue weighted by Gasteiger charge is -2.10.